The van der Waals surface area contributed by atoms with Gasteiger partial charge in [-0.15, -0.1) is 0 Å². The summed E-state index contributed by atoms with van der Waals surface area (Å²) >= 11 is 10.1. The van der Waals surface area contributed by atoms with E-state index in [1.54, 1.807) is 0 Å². The largest absolute Gasteiger partial charge is 0.469 e. The van der Waals surface area contributed by atoms with Gasteiger partial charge < -0.3 is 4.74 Å². The minimum Gasteiger partial charge on any atom is -0.469 e. The van der Waals surface area contributed by atoms with Gasteiger partial charge in [0.1, 0.15) is 0 Å². The Morgan fingerprint density at radius 2 is 2.17 bits per heavy atom. The summed E-state index contributed by atoms with van der Waals surface area (Å²) < 4.78 is 4.34. The molecular formula is C3H4Cl2O. The molecule has 0 aliphatic carbocycles. The fourth-order valence-corrected chi connectivity index (χ4v) is 0.218. The van der Waals surface area contributed by atoms with Crippen LogP contribution in [0, 0.1) is 0 Å². The van der Waals surface area contributed by atoms with E-state index >= 15 is 0 Å². The van der Waals surface area contributed by atoms with Crippen molar-refractivity contribution in [3.05, 3.63) is 12.8 Å². The van der Waals surface area contributed by atoms with Crippen LogP contribution in [-0.4, -0.2) is 5.02 Å². The van der Waals surface area contributed by atoms with Gasteiger partial charge in [-0.1, -0.05) is 29.8 Å². The lowest BCUT2D eigenvalue weighted by molar-refractivity contribution is 0.282. The molecule has 36 valence electrons. The van der Waals surface area contributed by atoms with Gasteiger partial charge in [-0.2, -0.15) is 0 Å². The zero-order chi connectivity index (χ0) is 4.99. The molecule has 0 bridgehead atoms. The van der Waals surface area contributed by atoms with Gasteiger partial charge in [0.2, 0.25) is 5.02 Å². The Labute approximate surface area is 46.5 Å². The molecule has 0 amide bonds. The average molecular weight is 127 g/mol. The molecular weight excluding hydrogens is 123 g/mol. The summed E-state index contributed by atoms with van der Waals surface area (Å²) in [6.45, 7) is 3.21. The Kier molecular flexibility index (Phi) is 3.38. The maximum atomic E-state index is 5.05. The van der Waals surface area contributed by atoms with Crippen LogP contribution in [0.25, 0.3) is 0 Å². The summed E-state index contributed by atoms with van der Waals surface area (Å²) in [5.74, 6) is 0. The van der Waals surface area contributed by atoms with Gasteiger partial charge in [0.15, 0.2) is 0 Å². The van der Waals surface area contributed by atoms with Gasteiger partial charge in [-0.05, 0) is 0 Å². The molecule has 6 heavy (non-hydrogen) atoms. The van der Waals surface area contributed by atoms with E-state index in [1.165, 1.54) is 6.26 Å². The van der Waals surface area contributed by atoms with Crippen molar-refractivity contribution in [1.29, 1.82) is 0 Å². The number of hydrogen-bond donors (Lipinski definition) is 0. The van der Waals surface area contributed by atoms with E-state index in [0.29, 0.717) is 0 Å². The van der Waals surface area contributed by atoms with Crippen molar-refractivity contribution in [2.45, 2.75) is 5.02 Å². The molecule has 3 heteroatoms. The monoisotopic (exact) mass is 126 g/mol. The summed E-state index contributed by atoms with van der Waals surface area (Å²) in [5, 5.41) is -0.775. The molecule has 0 unspecified atom stereocenters. The number of halogens is 2. The van der Waals surface area contributed by atoms with Crippen LogP contribution in [-0.2, 0) is 4.74 Å². The third kappa shape index (κ3) is 4.12. The number of hydrogen-bond acceptors (Lipinski definition) is 1. The fraction of sp³-hybridized carbons (Fsp3) is 0.333. The minimum atomic E-state index is -0.775. The smallest absolute Gasteiger partial charge is 0.246 e. The van der Waals surface area contributed by atoms with Gasteiger partial charge in [-0.25, -0.2) is 0 Å². The SMILES string of the molecule is C=COC(Cl)Cl. The Morgan fingerprint density at radius 3 is 2.17 bits per heavy atom. The maximum absolute atomic E-state index is 5.05. The lowest BCUT2D eigenvalue weighted by Crippen LogP contribution is -1.83. The summed E-state index contributed by atoms with van der Waals surface area (Å²) in [6, 6.07) is 0. The molecule has 0 aromatic carbocycles. The van der Waals surface area contributed by atoms with Crippen LogP contribution in [0.3, 0.4) is 0 Å². The van der Waals surface area contributed by atoms with Crippen molar-refractivity contribution in [2.75, 3.05) is 0 Å². The highest BCUT2D eigenvalue weighted by molar-refractivity contribution is 6.43. The van der Waals surface area contributed by atoms with Gasteiger partial charge in [0, 0.05) is 0 Å². The highest BCUT2D eigenvalue weighted by Gasteiger charge is 1.87. The second-order valence-electron chi connectivity index (χ2n) is 0.563. The topological polar surface area (TPSA) is 9.23 Å². The molecule has 0 aromatic heterocycles. The molecule has 0 saturated carbocycles. The minimum absolute atomic E-state index is 0.775. The van der Waals surface area contributed by atoms with Crippen LogP contribution < -0.4 is 0 Å². The van der Waals surface area contributed by atoms with E-state index < -0.39 is 5.02 Å². The van der Waals surface area contributed by atoms with Crippen LogP contribution in [0.5, 0.6) is 0 Å². The Morgan fingerprint density at radius 1 is 1.67 bits per heavy atom. The summed E-state index contributed by atoms with van der Waals surface area (Å²) in [4.78, 5) is 0. The predicted molar refractivity (Wildman–Crippen MR) is 26.8 cm³/mol. The van der Waals surface area contributed by atoms with Crippen molar-refractivity contribution in [1.82, 2.24) is 0 Å². The molecule has 0 rings (SSSR count). The van der Waals surface area contributed by atoms with Crippen molar-refractivity contribution in [3.8, 4) is 0 Å². The zero-order valence-electron chi connectivity index (χ0n) is 3.03. The van der Waals surface area contributed by atoms with Gasteiger partial charge in [-0.3, -0.25) is 0 Å². The van der Waals surface area contributed by atoms with Crippen LogP contribution in [0.2, 0.25) is 0 Å². The molecule has 0 saturated heterocycles. The first-order chi connectivity index (χ1) is 2.77. The van der Waals surface area contributed by atoms with Crippen LogP contribution in [0.15, 0.2) is 12.8 Å². The first-order valence-electron chi connectivity index (χ1n) is 1.32. The van der Waals surface area contributed by atoms with E-state index in [9.17, 15) is 0 Å². The Bertz CT molecular complexity index is 44.1. The summed E-state index contributed by atoms with van der Waals surface area (Å²) in [7, 11) is 0. The van der Waals surface area contributed by atoms with Crippen molar-refractivity contribution in [3.63, 3.8) is 0 Å². The molecule has 1 nitrogen and oxygen atoms in total. The molecule has 0 radical (unpaired) electrons. The van der Waals surface area contributed by atoms with E-state index in [1.807, 2.05) is 0 Å². The highest BCUT2D eigenvalue weighted by Crippen LogP contribution is 2.01. The third-order valence-electron chi connectivity index (χ3n) is 0.199. The summed E-state index contributed by atoms with van der Waals surface area (Å²) in [5.41, 5.74) is 0. The molecule has 0 fully saturated rings. The fourth-order valence-electron chi connectivity index (χ4n) is 0.0727. The van der Waals surface area contributed by atoms with Crippen molar-refractivity contribution in [2.24, 2.45) is 0 Å². The van der Waals surface area contributed by atoms with E-state index in [2.05, 4.69) is 11.3 Å². The first-order valence-corrected chi connectivity index (χ1v) is 2.19. The Hall–Kier alpha value is 0.120. The normalized spacial score (nSPS) is 8.50. The van der Waals surface area contributed by atoms with Crippen molar-refractivity contribution >= 4 is 23.2 Å². The quantitative estimate of drug-likeness (QED) is 0.406. The standard InChI is InChI=1S/C3H4Cl2O/c1-2-6-3(4)5/h2-3H,1H2. The second kappa shape index (κ2) is 3.32. The van der Waals surface area contributed by atoms with Crippen molar-refractivity contribution < 1.29 is 4.74 Å². The number of alkyl halides is 2. The predicted octanol–water partition coefficient (Wildman–Crippen LogP) is 1.91. The van der Waals surface area contributed by atoms with E-state index in [0.717, 1.165) is 0 Å². The van der Waals surface area contributed by atoms with Gasteiger partial charge >= 0.3 is 0 Å². The first kappa shape index (κ1) is 6.12. The van der Waals surface area contributed by atoms with Gasteiger partial charge in [0.05, 0.1) is 6.26 Å². The van der Waals surface area contributed by atoms with E-state index in [-0.39, 0.29) is 0 Å². The molecule has 0 aliphatic rings. The summed E-state index contributed by atoms with van der Waals surface area (Å²) in [6.07, 6.45) is 1.19. The van der Waals surface area contributed by atoms with Crippen LogP contribution in [0.4, 0.5) is 0 Å². The zero-order valence-corrected chi connectivity index (χ0v) is 4.54. The third-order valence-corrected chi connectivity index (χ3v) is 0.405. The number of ether oxygens (including phenoxy) is 1. The van der Waals surface area contributed by atoms with Crippen LogP contribution >= 0.6 is 23.2 Å². The molecule has 0 heterocycles. The molecule has 0 N–H and O–H groups in total. The molecule has 0 aromatic rings. The lowest BCUT2D eigenvalue weighted by Gasteiger charge is -1.94. The number of rotatable bonds is 2. The van der Waals surface area contributed by atoms with Gasteiger partial charge in [0.25, 0.3) is 0 Å². The molecule has 0 aliphatic heterocycles. The average Bonchev–Trinajstić information content (AvgIpc) is 1.35. The molecule has 0 atom stereocenters. The lowest BCUT2D eigenvalue weighted by atomic mass is 11.2. The Balaban J connectivity index is 2.81. The highest BCUT2D eigenvalue weighted by atomic mass is 35.5. The molecule has 0 spiro atoms. The second-order valence-corrected chi connectivity index (χ2v) is 1.58. The van der Waals surface area contributed by atoms with E-state index in [4.69, 9.17) is 23.2 Å². The van der Waals surface area contributed by atoms with Crippen LogP contribution in [0.1, 0.15) is 0 Å². The maximum Gasteiger partial charge on any atom is 0.246 e.